The van der Waals surface area contributed by atoms with Crippen LogP contribution in [-0.4, -0.2) is 21.2 Å². The molecule has 1 amide bonds. The molecule has 1 aromatic carbocycles. The number of rotatable bonds is 3. The van der Waals surface area contributed by atoms with E-state index in [1.165, 1.54) is 0 Å². The molecule has 1 heterocycles. The van der Waals surface area contributed by atoms with E-state index in [4.69, 9.17) is 14.5 Å². The molecule has 92 valence electrons. The van der Waals surface area contributed by atoms with E-state index in [1.54, 1.807) is 18.2 Å². The number of benzene rings is 1. The van der Waals surface area contributed by atoms with E-state index in [9.17, 15) is 9.00 Å². The number of nitrogens with two attached hydrogens (primary N) is 1. The van der Waals surface area contributed by atoms with Gasteiger partial charge in [0.15, 0.2) is 0 Å². The molecule has 0 fully saturated rings. The average molecular weight is 256 g/mol. The first-order chi connectivity index (χ1) is 8.09. The predicted octanol–water partition coefficient (Wildman–Crippen LogP) is -0.126. The molecular weight excluding hydrogens is 244 g/mol. The Morgan fingerprint density at radius 2 is 2.35 bits per heavy atom. The third kappa shape index (κ3) is 2.46. The van der Waals surface area contributed by atoms with Crippen LogP contribution in [0.15, 0.2) is 18.2 Å². The van der Waals surface area contributed by atoms with Gasteiger partial charge in [0.2, 0.25) is 5.91 Å². The molecule has 0 spiro atoms. The highest BCUT2D eigenvalue weighted by molar-refractivity contribution is 7.74. The Morgan fingerprint density at radius 3 is 3.00 bits per heavy atom. The quantitative estimate of drug-likeness (QED) is 0.654. The van der Waals surface area contributed by atoms with Crippen LogP contribution in [0.25, 0.3) is 0 Å². The number of primary amides is 1. The van der Waals surface area contributed by atoms with E-state index in [0.29, 0.717) is 24.3 Å². The molecule has 0 saturated heterocycles. The van der Waals surface area contributed by atoms with Crippen LogP contribution >= 0.6 is 0 Å². The van der Waals surface area contributed by atoms with Crippen molar-refractivity contribution in [3.05, 3.63) is 29.3 Å². The molecule has 2 unspecified atom stereocenters. The van der Waals surface area contributed by atoms with E-state index in [-0.39, 0.29) is 0 Å². The number of hydrogen-bond acceptors (Lipinski definition) is 4. The Kier molecular flexibility index (Phi) is 3.41. The molecule has 7 heteroatoms. The lowest BCUT2D eigenvalue weighted by Gasteiger charge is -2.25. The van der Waals surface area contributed by atoms with Crippen molar-refractivity contribution < 1.29 is 17.7 Å². The first-order valence-corrected chi connectivity index (χ1v) is 6.06. The predicted molar refractivity (Wildman–Crippen MR) is 61.5 cm³/mol. The minimum atomic E-state index is -2.37. The normalized spacial score (nSPS) is 20.4. The van der Waals surface area contributed by atoms with E-state index >= 15 is 0 Å². The van der Waals surface area contributed by atoms with Crippen LogP contribution in [0.4, 0.5) is 0 Å². The lowest BCUT2D eigenvalue weighted by atomic mass is 9.93. The van der Waals surface area contributed by atoms with Crippen LogP contribution in [0.1, 0.15) is 17.2 Å². The van der Waals surface area contributed by atoms with Gasteiger partial charge >= 0.3 is 11.4 Å². The first-order valence-electron chi connectivity index (χ1n) is 5.03. The maximum Gasteiger partial charge on any atom is 0.357 e. The molecule has 2 atom stereocenters. The van der Waals surface area contributed by atoms with Crippen molar-refractivity contribution in [2.45, 2.75) is 12.5 Å². The van der Waals surface area contributed by atoms with E-state index in [0.717, 1.165) is 5.56 Å². The molecule has 17 heavy (non-hydrogen) atoms. The molecule has 1 aliphatic heterocycles. The van der Waals surface area contributed by atoms with Crippen molar-refractivity contribution in [1.82, 2.24) is 5.32 Å². The molecule has 0 bridgehead atoms. The maximum absolute atomic E-state index is 11.3. The highest BCUT2D eigenvalue weighted by Crippen LogP contribution is 2.30. The third-order valence-corrected chi connectivity index (χ3v) is 2.97. The number of carbonyl (C=O) groups is 1. The standard InChI is InChI=1S/C10H12N2O4S/c11-10(13)9-7-2-1-3-8(16-17(14)15)6(7)4-5-12-9/h1-3,9,12H,4-5H2,(H2,11,13)(H,14,15). The van der Waals surface area contributed by atoms with Gasteiger partial charge in [-0.3, -0.25) is 9.35 Å². The van der Waals surface area contributed by atoms with Gasteiger partial charge < -0.3 is 15.2 Å². The monoisotopic (exact) mass is 256 g/mol. The topological polar surface area (TPSA) is 102 Å². The summed E-state index contributed by atoms with van der Waals surface area (Å²) in [5.74, 6) is -0.163. The summed E-state index contributed by atoms with van der Waals surface area (Å²) < 4.78 is 24.2. The molecule has 0 aliphatic carbocycles. The lowest BCUT2D eigenvalue weighted by molar-refractivity contribution is -0.120. The Morgan fingerprint density at radius 1 is 1.59 bits per heavy atom. The van der Waals surface area contributed by atoms with E-state index in [1.807, 2.05) is 0 Å². The fourth-order valence-electron chi connectivity index (χ4n) is 1.98. The fourth-order valence-corrected chi connectivity index (χ4v) is 2.29. The second-order valence-electron chi connectivity index (χ2n) is 3.66. The van der Waals surface area contributed by atoms with Crippen LogP contribution in [0.2, 0.25) is 0 Å². The number of fused-ring (bicyclic) bond motifs is 1. The molecule has 0 saturated carbocycles. The zero-order chi connectivity index (χ0) is 12.4. The molecule has 1 aromatic rings. The highest BCUT2D eigenvalue weighted by atomic mass is 32.2. The zero-order valence-electron chi connectivity index (χ0n) is 8.88. The van der Waals surface area contributed by atoms with Gasteiger partial charge in [-0.1, -0.05) is 12.1 Å². The van der Waals surface area contributed by atoms with Crippen molar-refractivity contribution in [3.63, 3.8) is 0 Å². The summed E-state index contributed by atoms with van der Waals surface area (Å²) in [4.78, 5) is 11.3. The highest BCUT2D eigenvalue weighted by Gasteiger charge is 2.26. The van der Waals surface area contributed by atoms with Gasteiger partial charge in [0.05, 0.1) is 0 Å². The average Bonchev–Trinajstić information content (AvgIpc) is 2.28. The maximum atomic E-state index is 11.3. The van der Waals surface area contributed by atoms with E-state index < -0.39 is 23.3 Å². The molecule has 1 aliphatic rings. The molecule has 6 nitrogen and oxygen atoms in total. The first kappa shape index (κ1) is 12.0. The largest absolute Gasteiger partial charge is 0.380 e. The summed E-state index contributed by atoms with van der Waals surface area (Å²) in [6.07, 6.45) is 0.618. The minimum absolute atomic E-state index is 0.316. The summed E-state index contributed by atoms with van der Waals surface area (Å²) in [6.45, 7) is 0.568. The Labute approximate surface area is 101 Å². The number of nitrogens with one attached hydrogen (secondary N) is 1. The van der Waals surface area contributed by atoms with E-state index in [2.05, 4.69) is 5.32 Å². The summed E-state index contributed by atoms with van der Waals surface area (Å²) in [5.41, 5.74) is 6.73. The van der Waals surface area contributed by atoms with Crippen molar-refractivity contribution in [3.8, 4) is 5.75 Å². The molecule has 0 aromatic heterocycles. The van der Waals surface area contributed by atoms with Crippen LogP contribution < -0.4 is 15.2 Å². The number of amides is 1. The lowest BCUT2D eigenvalue weighted by Crippen LogP contribution is -2.38. The summed E-state index contributed by atoms with van der Waals surface area (Å²) >= 11 is -2.37. The Balaban J connectivity index is 2.43. The van der Waals surface area contributed by atoms with Gasteiger partial charge in [0.1, 0.15) is 11.8 Å². The van der Waals surface area contributed by atoms with Crippen molar-refractivity contribution in [2.75, 3.05) is 6.54 Å². The summed E-state index contributed by atoms with van der Waals surface area (Å²) in [6, 6.07) is 4.43. The van der Waals surface area contributed by atoms with Crippen molar-refractivity contribution in [2.24, 2.45) is 5.73 Å². The molecule has 4 N–H and O–H groups in total. The van der Waals surface area contributed by atoms with Gasteiger partial charge in [-0.2, -0.15) is 4.21 Å². The van der Waals surface area contributed by atoms with Crippen molar-refractivity contribution >= 4 is 17.3 Å². The number of carbonyl (C=O) groups excluding carboxylic acids is 1. The minimum Gasteiger partial charge on any atom is -0.380 e. The summed E-state index contributed by atoms with van der Waals surface area (Å²) in [5, 5.41) is 2.99. The van der Waals surface area contributed by atoms with Gasteiger partial charge in [0, 0.05) is 12.1 Å². The molecule has 0 radical (unpaired) electrons. The van der Waals surface area contributed by atoms with Crippen molar-refractivity contribution in [1.29, 1.82) is 0 Å². The van der Waals surface area contributed by atoms with Gasteiger partial charge in [0.25, 0.3) is 0 Å². The SMILES string of the molecule is NC(=O)C1NCCc2c(OS(=O)O)cccc21. The van der Waals surface area contributed by atoms with Crippen LogP contribution in [-0.2, 0) is 22.6 Å². The molecule has 2 rings (SSSR count). The Bertz CT molecular complexity index is 477. The number of hydrogen-bond donors (Lipinski definition) is 3. The molecular formula is C10H12N2O4S. The third-order valence-electron chi connectivity index (χ3n) is 2.65. The van der Waals surface area contributed by atoms with Crippen LogP contribution in [0.5, 0.6) is 5.75 Å². The van der Waals surface area contributed by atoms with Crippen LogP contribution in [0.3, 0.4) is 0 Å². The smallest absolute Gasteiger partial charge is 0.357 e. The Hall–Kier alpha value is -1.44. The van der Waals surface area contributed by atoms with Gasteiger partial charge in [-0.25, -0.2) is 0 Å². The second kappa shape index (κ2) is 4.82. The fraction of sp³-hybridized carbons (Fsp3) is 0.300. The summed E-state index contributed by atoms with van der Waals surface area (Å²) in [7, 11) is 0. The van der Waals surface area contributed by atoms with Crippen LogP contribution in [0, 0.1) is 0 Å². The zero-order valence-corrected chi connectivity index (χ0v) is 9.70. The second-order valence-corrected chi connectivity index (χ2v) is 4.26. The van der Waals surface area contributed by atoms with Gasteiger partial charge in [-0.05, 0) is 18.1 Å². The van der Waals surface area contributed by atoms with Gasteiger partial charge in [-0.15, -0.1) is 0 Å².